The molecule has 0 spiro atoms. The molecule has 0 radical (unpaired) electrons. The van der Waals surface area contributed by atoms with Gasteiger partial charge in [0.05, 0.1) is 5.54 Å². The van der Waals surface area contributed by atoms with Crippen LogP contribution in [0.2, 0.25) is 0 Å². The standard InChI is InChI=1S/C72H72BN3O/c1-67(2)35-37-69(5,6)56-42-48(25-29-53(56)67)74(49-26-30-54-57(43-49)70(7,8)38-36-68(54,3)4)50-27-31-58-60(44-50)75(47-28-32-64-52(41-47)51-21-14-15-24-63(51)77-64)61-39-46(45-19-12-11-13-20-45)40-62-65(61)73(58)59-23-18-22-55-66(59)76(62)72(10)34-17-16-33-71(55,72)9/h11-15,18-32,39-44H,16-17,33-38H2,1-10H3. The summed E-state index contributed by atoms with van der Waals surface area (Å²) in [6, 6.07) is 61.6. The van der Waals surface area contributed by atoms with E-state index in [0.29, 0.717) is 0 Å². The van der Waals surface area contributed by atoms with Gasteiger partial charge in [0.2, 0.25) is 0 Å². The molecule has 77 heavy (non-hydrogen) atoms. The van der Waals surface area contributed by atoms with E-state index in [9.17, 15) is 0 Å². The summed E-state index contributed by atoms with van der Waals surface area (Å²) in [5, 5.41) is 2.27. The Labute approximate surface area is 457 Å². The maximum Gasteiger partial charge on any atom is 0.252 e. The average molecular weight is 1010 g/mol. The lowest BCUT2D eigenvalue weighted by atomic mass is 9.33. The highest BCUT2D eigenvalue weighted by atomic mass is 16.3. The van der Waals surface area contributed by atoms with Gasteiger partial charge in [-0.05, 0) is 195 Å². The monoisotopic (exact) mass is 1010 g/mol. The van der Waals surface area contributed by atoms with Crippen LogP contribution >= 0.6 is 0 Å². The summed E-state index contributed by atoms with van der Waals surface area (Å²) in [6.07, 6.45) is 9.54. The first-order valence-corrected chi connectivity index (χ1v) is 29.0. The van der Waals surface area contributed by atoms with E-state index in [2.05, 4.69) is 242 Å². The molecule has 1 saturated carbocycles. The van der Waals surface area contributed by atoms with E-state index in [4.69, 9.17) is 4.42 Å². The molecule has 0 N–H and O–H groups in total. The molecule has 2 unspecified atom stereocenters. The maximum absolute atomic E-state index is 6.57. The van der Waals surface area contributed by atoms with Crippen molar-refractivity contribution in [1.82, 2.24) is 0 Å². The second kappa shape index (κ2) is 15.8. The van der Waals surface area contributed by atoms with Gasteiger partial charge in [0.25, 0.3) is 6.71 Å². The Balaban J connectivity index is 1.03. The number of hydrogen-bond acceptors (Lipinski definition) is 4. The van der Waals surface area contributed by atoms with Gasteiger partial charge in [-0.3, -0.25) is 0 Å². The smallest absolute Gasteiger partial charge is 0.252 e. The number of para-hydroxylation sites is 2. The zero-order valence-electron chi connectivity index (χ0n) is 47.0. The molecule has 15 rings (SSSR count). The second-order valence-electron chi connectivity index (χ2n) is 27.3. The van der Waals surface area contributed by atoms with E-state index in [1.807, 2.05) is 0 Å². The fourth-order valence-corrected chi connectivity index (χ4v) is 16.2. The molecule has 3 aliphatic carbocycles. The molecule has 0 amide bonds. The first kappa shape index (κ1) is 47.3. The predicted octanol–water partition coefficient (Wildman–Crippen LogP) is 17.8. The van der Waals surface area contributed by atoms with Crippen LogP contribution in [0.4, 0.5) is 45.5 Å². The van der Waals surface area contributed by atoms with Crippen LogP contribution in [0.3, 0.4) is 0 Å². The summed E-state index contributed by atoms with van der Waals surface area (Å²) in [5.41, 5.74) is 26.1. The van der Waals surface area contributed by atoms with Crippen molar-refractivity contribution in [2.24, 2.45) is 0 Å². The molecule has 0 saturated heterocycles. The number of fused-ring (bicyclic) bond motifs is 12. The molecule has 3 aliphatic heterocycles. The van der Waals surface area contributed by atoms with Crippen molar-refractivity contribution in [2.45, 2.75) is 153 Å². The number of anilines is 8. The van der Waals surface area contributed by atoms with Crippen molar-refractivity contribution in [3.05, 3.63) is 186 Å². The number of nitrogens with zero attached hydrogens (tertiary/aromatic N) is 3. The van der Waals surface area contributed by atoms with E-state index >= 15 is 0 Å². The number of rotatable bonds is 5. The topological polar surface area (TPSA) is 22.9 Å². The molecule has 9 aromatic rings. The third-order valence-electron chi connectivity index (χ3n) is 21.1. The summed E-state index contributed by atoms with van der Waals surface area (Å²) in [4.78, 5) is 8.12. The van der Waals surface area contributed by atoms with Gasteiger partial charge in [-0.15, -0.1) is 0 Å². The Kier molecular flexibility index (Phi) is 9.72. The van der Waals surface area contributed by atoms with Crippen LogP contribution < -0.4 is 31.1 Å². The van der Waals surface area contributed by atoms with Crippen LogP contribution in [0.25, 0.3) is 33.1 Å². The lowest BCUT2D eigenvalue weighted by Gasteiger charge is -2.53. The largest absolute Gasteiger partial charge is 0.456 e. The van der Waals surface area contributed by atoms with E-state index in [1.54, 1.807) is 0 Å². The van der Waals surface area contributed by atoms with Crippen molar-refractivity contribution in [3.8, 4) is 11.1 Å². The van der Waals surface area contributed by atoms with Gasteiger partial charge in [-0.1, -0.05) is 160 Å². The van der Waals surface area contributed by atoms with Crippen LogP contribution in [0.1, 0.15) is 148 Å². The lowest BCUT2D eigenvalue weighted by Crippen LogP contribution is -2.64. The molecule has 4 heterocycles. The zero-order chi connectivity index (χ0) is 52.8. The summed E-state index contributed by atoms with van der Waals surface area (Å²) < 4.78 is 6.57. The molecule has 1 aromatic heterocycles. The maximum atomic E-state index is 6.57. The van der Waals surface area contributed by atoms with Crippen LogP contribution in [-0.4, -0.2) is 12.3 Å². The van der Waals surface area contributed by atoms with Crippen molar-refractivity contribution >= 4 is 90.5 Å². The molecule has 4 nitrogen and oxygen atoms in total. The Morgan fingerprint density at radius 1 is 0.429 bits per heavy atom. The first-order valence-electron chi connectivity index (χ1n) is 29.0. The van der Waals surface area contributed by atoms with Gasteiger partial charge < -0.3 is 19.1 Å². The van der Waals surface area contributed by atoms with Crippen molar-refractivity contribution in [3.63, 3.8) is 0 Å². The van der Waals surface area contributed by atoms with Gasteiger partial charge >= 0.3 is 0 Å². The fraction of sp³-hybridized carbons (Fsp3) is 0.333. The highest BCUT2D eigenvalue weighted by Crippen LogP contribution is 2.62. The Hall–Kier alpha value is -6.98. The number of benzene rings is 8. The van der Waals surface area contributed by atoms with Crippen molar-refractivity contribution < 1.29 is 4.42 Å². The first-order chi connectivity index (χ1) is 36.9. The van der Waals surface area contributed by atoms with Crippen molar-refractivity contribution in [2.75, 3.05) is 14.7 Å². The van der Waals surface area contributed by atoms with Gasteiger partial charge in [0, 0.05) is 61.7 Å². The van der Waals surface area contributed by atoms with Gasteiger partial charge in [0.15, 0.2) is 0 Å². The molecule has 1 fully saturated rings. The molecule has 2 atom stereocenters. The summed E-state index contributed by atoms with van der Waals surface area (Å²) in [5.74, 6) is 0. The van der Waals surface area contributed by atoms with Crippen LogP contribution in [0.5, 0.6) is 0 Å². The minimum atomic E-state index is -0.0842. The summed E-state index contributed by atoms with van der Waals surface area (Å²) >= 11 is 0. The molecule has 0 bridgehead atoms. The minimum Gasteiger partial charge on any atom is -0.456 e. The molecule has 5 heteroatoms. The van der Waals surface area contributed by atoms with Gasteiger partial charge in [0.1, 0.15) is 11.2 Å². The molecule has 6 aliphatic rings. The van der Waals surface area contributed by atoms with E-state index in [1.165, 1.54) is 122 Å². The van der Waals surface area contributed by atoms with E-state index in [0.717, 1.165) is 52.6 Å². The lowest BCUT2D eigenvalue weighted by molar-refractivity contribution is 0.195. The Morgan fingerprint density at radius 3 is 1.73 bits per heavy atom. The molecular weight excluding hydrogens is 934 g/mol. The van der Waals surface area contributed by atoms with Crippen LogP contribution in [0.15, 0.2) is 162 Å². The quantitative estimate of drug-likeness (QED) is 0.160. The van der Waals surface area contributed by atoms with Crippen molar-refractivity contribution in [1.29, 1.82) is 0 Å². The number of furan rings is 1. The highest BCUT2D eigenvalue weighted by molar-refractivity contribution is 7.00. The third kappa shape index (κ3) is 6.52. The Bertz CT molecular complexity index is 3890. The summed E-state index contributed by atoms with van der Waals surface area (Å²) in [6.45, 7) is 24.8. The van der Waals surface area contributed by atoms with Crippen LogP contribution in [-0.2, 0) is 27.1 Å². The highest BCUT2D eigenvalue weighted by Gasteiger charge is 2.61. The van der Waals surface area contributed by atoms with E-state index in [-0.39, 0.29) is 39.3 Å². The molecule has 384 valence electrons. The SMILES string of the molecule is CC1(C)CCC(C)(C)c2cc(N(c3ccc4c(c3)N(c3ccc5oc6ccccc6c5c3)c3cc(-c5ccccc5)cc5c3B4c3cccc4c3N5C3(C)CCCCC43C)c3ccc4c(c3)C(C)(C)CCC4(C)C)ccc21. The van der Waals surface area contributed by atoms with Crippen LogP contribution in [0, 0.1) is 0 Å². The third-order valence-corrected chi connectivity index (χ3v) is 21.1. The average Bonchev–Trinajstić information content (AvgIpc) is 3.63. The second-order valence-corrected chi connectivity index (χ2v) is 27.3. The van der Waals surface area contributed by atoms with Gasteiger partial charge in [-0.2, -0.15) is 0 Å². The van der Waals surface area contributed by atoms with Gasteiger partial charge in [-0.25, -0.2) is 0 Å². The molecule has 8 aromatic carbocycles. The fourth-order valence-electron chi connectivity index (χ4n) is 16.2. The summed E-state index contributed by atoms with van der Waals surface area (Å²) in [7, 11) is 0. The zero-order valence-corrected chi connectivity index (χ0v) is 47.0. The van der Waals surface area contributed by atoms with E-state index < -0.39 is 0 Å². The number of hydrogen-bond donors (Lipinski definition) is 0. The minimum absolute atomic E-state index is 0.0112. The molecular formula is C72H72BN3O. The Morgan fingerprint density at radius 2 is 1.03 bits per heavy atom. The normalized spacial score (nSPS) is 22.4. The predicted molar refractivity (Wildman–Crippen MR) is 327 cm³/mol.